The molecule has 0 aliphatic rings. The normalized spacial score (nSPS) is 10.1. The molecule has 2 aromatic rings. The fraction of sp³-hybridized carbons (Fsp3) is 0.143. The third-order valence-corrected chi connectivity index (χ3v) is 2.17. The maximum atomic E-state index is 5.49. The van der Waals surface area contributed by atoms with E-state index in [4.69, 9.17) is 5.73 Å². The Hall–Kier alpha value is -1.76. The fourth-order valence-electron chi connectivity index (χ4n) is 0.898. The second kappa shape index (κ2) is 3.54. The molecule has 7 heteroatoms. The largest absolute Gasteiger partial charge is 0.384 e. The first-order valence-electron chi connectivity index (χ1n) is 3.89. The van der Waals surface area contributed by atoms with Gasteiger partial charge in [-0.05, 0) is 6.92 Å². The van der Waals surface area contributed by atoms with Gasteiger partial charge in [0, 0.05) is 17.6 Å². The van der Waals surface area contributed by atoms with Crippen molar-refractivity contribution in [2.45, 2.75) is 6.92 Å². The lowest BCUT2D eigenvalue weighted by molar-refractivity contribution is 1.15. The summed E-state index contributed by atoms with van der Waals surface area (Å²) in [5.74, 6) is 1.77. The summed E-state index contributed by atoms with van der Waals surface area (Å²) in [4.78, 5) is 11.9. The number of aromatic nitrogens is 4. The van der Waals surface area contributed by atoms with Crippen molar-refractivity contribution in [3.05, 3.63) is 18.2 Å². The van der Waals surface area contributed by atoms with Gasteiger partial charge in [0.25, 0.3) is 0 Å². The first-order chi connectivity index (χ1) is 6.74. The van der Waals surface area contributed by atoms with E-state index in [2.05, 4.69) is 24.6 Å². The number of anilines is 3. The van der Waals surface area contributed by atoms with Gasteiger partial charge in [0.05, 0.1) is 0 Å². The second-order valence-electron chi connectivity index (χ2n) is 2.60. The van der Waals surface area contributed by atoms with E-state index in [1.165, 1.54) is 17.9 Å². The highest BCUT2D eigenvalue weighted by Gasteiger charge is 2.01. The third kappa shape index (κ3) is 1.94. The first-order valence-corrected chi connectivity index (χ1v) is 4.66. The molecule has 2 rings (SSSR count). The van der Waals surface area contributed by atoms with Crippen molar-refractivity contribution in [3.63, 3.8) is 0 Å². The van der Waals surface area contributed by atoms with E-state index >= 15 is 0 Å². The molecule has 0 amide bonds. The van der Waals surface area contributed by atoms with Gasteiger partial charge in [-0.1, -0.05) is 0 Å². The highest BCUT2D eigenvalue weighted by atomic mass is 32.1. The Labute approximate surface area is 84.4 Å². The summed E-state index contributed by atoms with van der Waals surface area (Å²) in [5, 5.41) is 3.67. The molecule has 14 heavy (non-hydrogen) atoms. The molecule has 2 heterocycles. The summed E-state index contributed by atoms with van der Waals surface area (Å²) >= 11 is 1.28. The number of aryl methyl sites for hydroxylation is 1. The van der Waals surface area contributed by atoms with Crippen LogP contribution in [0.5, 0.6) is 0 Å². The Balaban J connectivity index is 2.18. The molecule has 2 aromatic heterocycles. The molecule has 0 fully saturated rings. The van der Waals surface area contributed by atoms with Gasteiger partial charge in [-0.25, -0.2) is 15.0 Å². The average Bonchev–Trinajstić information content (AvgIpc) is 2.51. The Bertz CT molecular complexity index is 439. The second-order valence-corrected chi connectivity index (χ2v) is 3.35. The minimum atomic E-state index is 0.420. The standard InChI is InChI=1S/C7H8N6S/c1-4-11-7(14-13-4)12-6-2-5(8)9-3-10-6/h2-3H,1H3,(H3,8,9,10,11,12,13). The Morgan fingerprint density at radius 1 is 1.43 bits per heavy atom. The predicted molar refractivity (Wildman–Crippen MR) is 54.4 cm³/mol. The van der Waals surface area contributed by atoms with Crippen LogP contribution in [-0.4, -0.2) is 19.3 Å². The van der Waals surface area contributed by atoms with Crippen molar-refractivity contribution in [1.82, 2.24) is 19.3 Å². The van der Waals surface area contributed by atoms with E-state index in [0.717, 1.165) is 5.82 Å². The fourth-order valence-corrected chi connectivity index (χ4v) is 1.48. The summed E-state index contributed by atoms with van der Waals surface area (Å²) in [6.45, 7) is 1.83. The lowest BCUT2D eigenvalue weighted by Crippen LogP contribution is -1.96. The summed E-state index contributed by atoms with van der Waals surface area (Å²) in [6, 6.07) is 1.64. The van der Waals surface area contributed by atoms with Crippen molar-refractivity contribution in [3.8, 4) is 0 Å². The predicted octanol–water partition coefficient (Wildman–Crippen LogP) is 0.962. The van der Waals surface area contributed by atoms with Crippen molar-refractivity contribution in [2.24, 2.45) is 0 Å². The van der Waals surface area contributed by atoms with Crippen LogP contribution in [0.1, 0.15) is 5.82 Å². The zero-order valence-electron chi connectivity index (χ0n) is 7.43. The van der Waals surface area contributed by atoms with Gasteiger partial charge in [0.1, 0.15) is 23.8 Å². The van der Waals surface area contributed by atoms with E-state index in [0.29, 0.717) is 16.8 Å². The maximum Gasteiger partial charge on any atom is 0.208 e. The van der Waals surface area contributed by atoms with Gasteiger partial charge < -0.3 is 11.1 Å². The number of hydrogen-bond acceptors (Lipinski definition) is 7. The highest BCUT2D eigenvalue weighted by Crippen LogP contribution is 2.16. The minimum absolute atomic E-state index is 0.420. The lowest BCUT2D eigenvalue weighted by atomic mass is 10.5. The SMILES string of the molecule is Cc1nsc(Nc2cc(N)ncn2)n1. The number of nitrogens with zero attached hydrogens (tertiary/aromatic N) is 4. The topological polar surface area (TPSA) is 89.6 Å². The summed E-state index contributed by atoms with van der Waals surface area (Å²) in [7, 11) is 0. The molecule has 0 saturated heterocycles. The van der Waals surface area contributed by atoms with Gasteiger partial charge in [0.15, 0.2) is 0 Å². The molecule has 0 bridgehead atoms. The van der Waals surface area contributed by atoms with Crippen molar-refractivity contribution < 1.29 is 0 Å². The Morgan fingerprint density at radius 2 is 2.29 bits per heavy atom. The summed E-state index contributed by atoms with van der Waals surface area (Å²) < 4.78 is 4.03. The summed E-state index contributed by atoms with van der Waals surface area (Å²) in [5.41, 5.74) is 5.49. The molecule has 0 aliphatic carbocycles. The van der Waals surface area contributed by atoms with Gasteiger partial charge in [-0.15, -0.1) is 0 Å². The lowest BCUT2D eigenvalue weighted by Gasteiger charge is -1.99. The van der Waals surface area contributed by atoms with E-state index in [1.807, 2.05) is 6.92 Å². The molecule has 0 unspecified atom stereocenters. The highest BCUT2D eigenvalue weighted by molar-refractivity contribution is 7.09. The van der Waals surface area contributed by atoms with Crippen LogP contribution in [0.2, 0.25) is 0 Å². The number of nitrogen functional groups attached to an aromatic ring is 1. The smallest absolute Gasteiger partial charge is 0.208 e. The van der Waals surface area contributed by atoms with Crippen LogP contribution in [0.4, 0.5) is 16.8 Å². The van der Waals surface area contributed by atoms with E-state index < -0.39 is 0 Å². The summed E-state index contributed by atoms with van der Waals surface area (Å²) in [6.07, 6.45) is 1.39. The van der Waals surface area contributed by atoms with E-state index in [9.17, 15) is 0 Å². The average molecular weight is 208 g/mol. The molecule has 0 saturated carbocycles. The monoisotopic (exact) mass is 208 g/mol. The van der Waals surface area contributed by atoms with E-state index in [1.54, 1.807) is 6.07 Å². The van der Waals surface area contributed by atoms with Crippen LogP contribution in [0, 0.1) is 6.92 Å². The Morgan fingerprint density at radius 3 is 2.93 bits per heavy atom. The van der Waals surface area contributed by atoms with Crippen molar-refractivity contribution in [2.75, 3.05) is 11.1 Å². The van der Waals surface area contributed by atoms with E-state index in [-0.39, 0.29) is 0 Å². The number of nitrogens with one attached hydrogen (secondary N) is 1. The van der Waals surface area contributed by atoms with Gasteiger partial charge >= 0.3 is 0 Å². The van der Waals surface area contributed by atoms with Gasteiger partial charge in [-0.3, -0.25) is 0 Å². The third-order valence-electron chi connectivity index (χ3n) is 1.45. The zero-order valence-corrected chi connectivity index (χ0v) is 8.25. The Kier molecular flexibility index (Phi) is 2.23. The molecule has 0 atom stereocenters. The quantitative estimate of drug-likeness (QED) is 0.764. The maximum absolute atomic E-state index is 5.49. The number of rotatable bonds is 2. The zero-order chi connectivity index (χ0) is 9.97. The molecule has 0 spiro atoms. The molecule has 0 aromatic carbocycles. The van der Waals surface area contributed by atoms with Crippen molar-refractivity contribution in [1.29, 1.82) is 0 Å². The van der Waals surface area contributed by atoms with Gasteiger partial charge in [-0.2, -0.15) is 4.37 Å². The van der Waals surface area contributed by atoms with Crippen LogP contribution in [0.3, 0.4) is 0 Å². The minimum Gasteiger partial charge on any atom is -0.384 e. The first kappa shape index (κ1) is 8.82. The van der Waals surface area contributed by atoms with Crippen molar-refractivity contribution >= 4 is 28.3 Å². The van der Waals surface area contributed by atoms with Crippen LogP contribution < -0.4 is 11.1 Å². The molecular weight excluding hydrogens is 200 g/mol. The molecule has 0 aliphatic heterocycles. The van der Waals surface area contributed by atoms with Crippen LogP contribution >= 0.6 is 11.5 Å². The molecule has 72 valence electrons. The molecule has 3 N–H and O–H groups in total. The number of nitrogens with two attached hydrogens (primary N) is 1. The van der Waals surface area contributed by atoms with Crippen LogP contribution in [0.15, 0.2) is 12.4 Å². The van der Waals surface area contributed by atoms with Gasteiger partial charge in [0.2, 0.25) is 5.13 Å². The van der Waals surface area contributed by atoms with Crippen LogP contribution in [0.25, 0.3) is 0 Å². The van der Waals surface area contributed by atoms with Crippen LogP contribution in [-0.2, 0) is 0 Å². The number of hydrogen-bond donors (Lipinski definition) is 2. The molecule has 0 radical (unpaired) electrons. The molecular formula is C7H8N6S. The molecule has 6 nitrogen and oxygen atoms in total.